The van der Waals surface area contributed by atoms with Gasteiger partial charge in [-0.1, -0.05) is 24.3 Å². The van der Waals surface area contributed by atoms with Crippen molar-refractivity contribution in [3.8, 4) is 5.75 Å². The Labute approximate surface area is 159 Å². The number of ether oxygens (including phenoxy) is 1. The smallest absolute Gasteiger partial charge is 0.273 e. The highest BCUT2D eigenvalue weighted by atomic mass is 35.5. The molecule has 0 radical (unpaired) electrons. The van der Waals surface area contributed by atoms with Crippen LogP contribution in [-0.2, 0) is 0 Å². The summed E-state index contributed by atoms with van der Waals surface area (Å²) < 4.78 is 7.00. The van der Waals surface area contributed by atoms with Crippen LogP contribution in [0.15, 0.2) is 30.5 Å². The Bertz CT molecular complexity index is 698. The third-order valence-electron chi connectivity index (χ3n) is 4.66. The summed E-state index contributed by atoms with van der Waals surface area (Å²) >= 11 is 0. The molecule has 2 aromatic rings. The summed E-state index contributed by atoms with van der Waals surface area (Å²) in [5.74, 6) is 0.609. The second-order valence-electron chi connectivity index (χ2n) is 6.27. The van der Waals surface area contributed by atoms with Crippen molar-refractivity contribution < 1.29 is 9.53 Å². The van der Waals surface area contributed by atoms with Gasteiger partial charge in [0.25, 0.3) is 5.91 Å². The molecule has 1 unspecified atom stereocenters. The predicted molar refractivity (Wildman–Crippen MR) is 102 cm³/mol. The van der Waals surface area contributed by atoms with Crippen LogP contribution in [0.25, 0.3) is 0 Å². The van der Waals surface area contributed by atoms with E-state index in [1.807, 2.05) is 35.9 Å². The van der Waals surface area contributed by atoms with Crippen LogP contribution in [0.3, 0.4) is 0 Å². The van der Waals surface area contributed by atoms with Crippen LogP contribution in [0.2, 0.25) is 0 Å². The summed E-state index contributed by atoms with van der Waals surface area (Å²) in [4.78, 5) is 12.5. The van der Waals surface area contributed by atoms with E-state index in [1.165, 1.54) is 0 Å². The van der Waals surface area contributed by atoms with Crippen molar-refractivity contribution in [1.82, 2.24) is 25.6 Å². The van der Waals surface area contributed by atoms with Gasteiger partial charge in [0.2, 0.25) is 0 Å². The quantitative estimate of drug-likeness (QED) is 0.806. The summed E-state index contributed by atoms with van der Waals surface area (Å²) in [5.41, 5.74) is 1.41. The lowest BCUT2D eigenvalue weighted by atomic mass is 10.0. The largest absolute Gasteiger partial charge is 0.497 e. The number of amides is 1. The highest BCUT2D eigenvalue weighted by molar-refractivity contribution is 5.92. The average molecular weight is 380 g/mol. The van der Waals surface area contributed by atoms with E-state index in [0.29, 0.717) is 11.7 Å². The van der Waals surface area contributed by atoms with E-state index in [0.717, 1.165) is 43.7 Å². The second kappa shape index (κ2) is 9.54. The van der Waals surface area contributed by atoms with Gasteiger partial charge in [-0.25, -0.2) is 4.68 Å². The first kappa shape index (κ1) is 20.2. The van der Waals surface area contributed by atoms with Crippen molar-refractivity contribution in [2.45, 2.75) is 38.3 Å². The molecule has 0 bridgehead atoms. The molecule has 1 fully saturated rings. The average Bonchev–Trinajstić information content (AvgIpc) is 3.17. The molecule has 2 heterocycles. The molecule has 0 spiro atoms. The Kier molecular flexibility index (Phi) is 7.41. The lowest BCUT2D eigenvalue weighted by molar-refractivity contribution is 0.0930. The van der Waals surface area contributed by atoms with Crippen LogP contribution in [-0.4, -0.2) is 41.1 Å². The molecule has 1 amide bonds. The molecule has 1 aliphatic heterocycles. The maximum Gasteiger partial charge on any atom is 0.273 e. The monoisotopic (exact) mass is 379 g/mol. The van der Waals surface area contributed by atoms with Crippen molar-refractivity contribution in [3.63, 3.8) is 0 Å². The number of carbonyl (C=O) groups excluding carboxylic acids is 1. The minimum absolute atomic E-state index is 0. The van der Waals surface area contributed by atoms with Gasteiger partial charge in [0.15, 0.2) is 5.69 Å². The van der Waals surface area contributed by atoms with E-state index in [4.69, 9.17) is 4.74 Å². The number of methoxy groups -OCH3 is 1. The van der Waals surface area contributed by atoms with Gasteiger partial charge in [0.05, 0.1) is 25.4 Å². The number of piperidine rings is 1. The zero-order valence-corrected chi connectivity index (χ0v) is 16.0. The maximum atomic E-state index is 12.5. The van der Waals surface area contributed by atoms with Crippen LogP contribution in [0, 0.1) is 0 Å². The van der Waals surface area contributed by atoms with Crippen LogP contribution in [0.1, 0.15) is 54.3 Å². The van der Waals surface area contributed by atoms with Crippen molar-refractivity contribution in [2.75, 3.05) is 20.2 Å². The predicted octanol–water partition coefficient (Wildman–Crippen LogP) is 2.51. The van der Waals surface area contributed by atoms with Gasteiger partial charge < -0.3 is 15.4 Å². The molecule has 1 aliphatic rings. The first-order chi connectivity index (χ1) is 12.2. The SMILES string of the molecule is CCC(NC(=O)c1cn(C2CCNCC2)nn1)c1ccc(OC)cc1.Cl. The molecule has 2 N–H and O–H groups in total. The molecule has 0 aliphatic carbocycles. The van der Waals surface area contributed by atoms with Crippen molar-refractivity contribution in [2.24, 2.45) is 0 Å². The second-order valence-corrected chi connectivity index (χ2v) is 6.27. The summed E-state index contributed by atoms with van der Waals surface area (Å²) in [6, 6.07) is 7.99. The fourth-order valence-corrected chi connectivity index (χ4v) is 3.12. The van der Waals surface area contributed by atoms with Crippen LogP contribution >= 0.6 is 12.4 Å². The maximum absolute atomic E-state index is 12.5. The molecule has 1 aromatic carbocycles. The zero-order chi connectivity index (χ0) is 17.6. The number of benzene rings is 1. The van der Waals surface area contributed by atoms with E-state index in [9.17, 15) is 4.79 Å². The Morgan fingerprint density at radius 3 is 2.65 bits per heavy atom. The van der Waals surface area contributed by atoms with Gasteiger partial charge in [-0.15, -0.1) is 17.5 Å². The number of hydrogen-bond acceptors (Lipinski definition) is 5. The number of carbonyl (C=O) groups is 1. The van der Waals surface area contributed by atoms with Crippen LogP contribution in [0.4, 0.5) is 0 Å². The van der Waals surface area contributed by atoms with Gasteiger partial charge in [-0.05, 0) is 50.0 Å². The summed E-state index contributed by atoms with van der Waals surface area (Å²) in [7, 11) is 1.64. The molecule has 1 atom stereocenters. The number of nitrogens with one attached hydrogen (secondary N) is 2. The highest BCUT2D eigenvalue weighted by Gasteiger charge is 2.20. The molecule has 26 heavy (non-hydrogen) atoms. The number of nitrogens with zero attached hydrogens (tertiary/aromatic N) is 3. The molecule has 8 heteroatoms. The fourth-order valence-electron chi connectivity index (χ4n) is 3.12. The summed E-state index contributed by atoms with van der Waals surface area (Å²) in [6.45, 7) is 3.99. The summed E-state index contributed by atoms with van der Waals surface area (Å²) in [6.07, 6.45) is 4.56. The van der Waals surface area contributed by atoms with Gasteiger partial charge in [-0.3, -0.25) is 4.79 Å². The number of rotatable bonds is 6. The lowest BCUT2D eigenvalue weighted by Gasteiger charge is -2.22. The van der Waals surface area contributed by atoms with Crippen molar-refractivity contribution in [3.05, 3.63) is 41.7 Å². The standard InChI is InChI=1S/C18H25N5O2.ClH/c1-3-16(13-4-6-15(25-2)7-5-13)20-18(24)17-12-23(22-21-17)14-8-10-19-11-9-14;/h4-7,12,14,16,19H,3,8-11H2,1-2H3,(H,20,24);1H. The van der Waals surface area contributed by atoms with Crippen molar-refractivity contribution >= 4 is 18.3 Å². The molecular formula is C18H26ClN5O2. The topological polar surface area (TPSA) is 81.1 Å². The minimum Gasteiger partial charge on any atom is -0.497 e. The number of halogens is 1. The van der Waals surface area contributed by atoms with Crippen LogP contribution in [0.5, 0.6) is 5.75 Å². The number of aromatic nitrogens is 3. The van der Waals surface area contributed by atoms with E-state index in [2.05, 4.69) is 20.9 Å². The van der Waals surface area contributed by atoms with Crippen molar-refractivity contribution in [1.29, 1.82) is 0 Å². The van der Waals surface area contributed by atoms with E-state index >= 15 is 0 Å². The van der Waals surface area contributed by atoms with Gasteiger partial charge in [0, 0.05) is 0 Å². The normalized spacial score (nSPS) is 15.8. The Hall–Kier alpha value is -2.12. The Morgan fingerprint density at radius 2 is 2.04 bits per heavy atom. The van der Waals surface area contributed by atoms with E-state index < -0.39 is 0 Å². The minimum atomic E-state index is -0.192. The van der Waals surface area contributed by atoms with Gasteiger partial charge in [0.1, 0.15) is 5.75 Å². The fraction of sp³-hybridized carbons (Fsp3) is 0.500. The summed E-state index contributed by atoms with van der Waals surface area (Å²) in [5, 5.41) is 14.6. The third-order valence-corrected chi connectivity index (χ3v) is 4.66. The Morgan fingerprint density at radius 1 is 1.35 bits per heavy atom. The first-order valence-corrected chi connectivity index (χ1v) is 8.78. The molecule has 0 saturated carbocycles. The van der Waals surface area contributed by atoms with Crippen LogP contribution < -0.4 is 15.4 Å². The lowest BCUT2D eigenvalue weighted by Crippen LogP contribution is -2.30. The first-order valence-electron chi connectivity index (χ1n) is 8.78. The van der Waals surface area contributed by atoms with Gasteiger partial charge in [-0.2, -0.15) is 0 Å². The molecule has 1 aromatic heterocycles. The van der Waals surface area contributed by atoms with E-state index in [1.54, 1.807) is 13.3 Å². The number of hydrogen-bond donors (Lipinski definition) is 2. The third kappa shape index (κ3) is 4.74. The molecule has 7 nitrogen and oxygen atoms in total. The van der Waals surface area contributed by atoms with Gasteiger partial charge >= 0.3 is 0 Å². The zero-order valence-electron chi connectivity index (χ0n) is 15.1. The van der Waals surface area contributed by atoms with E-state index in [-0.39, 0.29) is 24.4 Å². The molecular weight excluding hydrogens is 354 g/mol. The Balaban J connectivity index is 0.00000243. The molecule has 142 valence electrons. The molecule has 3 rings (SSSR count). The molecule has 1 saturated heterocycles. The highest BCUT2D eigenvalue weighted by Crippen LogP contribution is 2.21.